The van der Waals surface area contributed by atoms with Gasteiger partial charge < -0.3 is 62.1 Å². The summed E-state index contributed by atoms with van der Waals surface area (Å²) in [5.41, 5.74) is 0. The first kappa shape index (κ1) is 61.5. The van der Waals surface area contributed by atoms with Gasteiger partial charge in [0.25, 0.3) is 0 Å². The zero-order valence-corrected chi connectivity index (χ0v) is 39.6. The Kier molecular flexibility index (Phi) is 33.8. The molecule has 0 amide bonds. The largest absolute Gasteiger partial charge is 0.481 e. The fourth-order valence-electron chi connectivity index (χ4n) is 8.45. The molecule has 0 unspecified atom stereocenters. The van der Waals surface area contributed by atoms with E-state index in [1.807, 2.05) is 0 Å². The van der Waals surface area contributed by atoms with Crippen molar-refractivity contribution in [2.45, 2.75) is 77.0 Å². The predicted molar refractivity (Wildman–Crippen MR) is 248 cm³/mol. The summed E-state index contributed by atoms with van der Waals surface area (Å²) in [6.07, 6.45) is 4.73. The lowest BCUT2D eigenvalue weighted by Crippen LogP contribution is -2.49. The second-order valence-corrected chi connectivity index (χ2v) is 17.8. The molecule has 1 saturated carbocycles. The van der Waals surface area contributed by atoms with Crippen LogP contribution in [0.2, 0.25) is 0 Å². The number of rotatable bonds is 16. The molecule has 2 saturated heterocycles. The monoisotopic (exact) mass is 977 g/mol. The normalized spacial score (nSPS) is 23.4. The van der Waals surface area contributed by atoms with E-state index in [1.54, 1.807) is 19.6 Å². The Hall–Kier alpha value is -4.56. The lowest BCUT2D eigenvalue weighted by molar-refractivity contribution is -0.141. The SMILES string of the molecule is C1CNCCNCCNCCN1.O=C(O)CC1CCC(CC(=O)O)CCC(CC(=O)O)CCC(CC(=O)O)CC1.O=C(O)CN1CCN(CC(=O)O)CCN(CC(=O)O)CCN(CC(=O)O)CC1. The molecule has 2 heterocycles. The van der Waals surface area contributed by atoms with Gasteiger partial charge in [0.05, 0.1) is 26.2 Å². The van der Waals surface area contributed by atoms with E-state index in [4.69, 9.17) is 40.9 Å². The van der Waals surface area contributed by atoms with Gasteiger partial charge in [0.1, 0.15) is 0 Å². The summed E-state index contributed by atoms with van der Waals surface area (Å²) in [5, 5.41) is 86.3. The van der Waals surface area contributed by atoms with Gasteiger partial charge in [-0.3, -0.25) is 58.0 Å². The number of carbonyl (C=O) groups is 8. The van der Waals surface area contributed by atoms with E-state index in [0.29, 0.717) is 104 Å². The molecule has 2 aliphatic heterocycles. The van der Waals surface area contributed by atoms with E-state index in [1.165, 1.54) is 0 Å². The van der Waals surface area contributed by atoms with Crippen LogP contribution in [-0.4, -0.2) is 239 Å². The number of nitrogens with one attached hydrogen (secondary N) is 4. The van der Waals surface area contributed by atoms with Gasteiger partial charge in [-0.05, 0) is 75.0 Å². The Balaban J connectivity index is 0.000000549. The van der Waals surface area contributed by atoms with Gasteiger partial charge in [-0.1, -0.05) is 0 Å². The van der Waals surface area contributed by atoms with Crippen molar-refractivity contribution in [2.75, 3.05) is 131 Å². The molecule has 0 spiro atoms. The fourth-order valence-corrected chi connectivity index (χ4v) is 8.45. The van der Waals surface area contributed by atoms with Crippen LogP contribution in [0.3, 0.4) is 0 Å². The lowest BCUT2D eigenvalue weighted by atomic mass is 9.79. The van der Waals surface area contributed by atoms with E-state index < -0.39 is 47.8 Å². The first-order valence-electron chi connectivity index (χ1n) is 23.8. The maximum atomic E-state index is 11.2. The minimum atomic E-state index is -1.02. The van der Waals surface area contributed by atoms with Gasteiger partial charge in [0.15, 0.2) is 0 Å². The van der Waals surface area contributed by atoms with Crippen molar-refractivity contribution in [2.24, 2.45) is 23.7 Å². The molecule has 3 fully saturated rings. The molecule has 0 radical (unpaired) electrons. The van der Waals surface area contributed by atoms with Crippen LogP contribution in [0.25, 0.3) is 0 Å². The van der Waals surface area contributed by atoms with Crippen LogP contribution in [0.4, 0.5) is 0 Å². The van der Waals surface area contributed by atoms with Gasteiger partial charge in [0.2, 0.25) is 0 Å². The second-order valence-electron chi connectivity index (χ2n) is 17.8. The summed E-state index contributed by atoms with van der Waals surface area (Å²) in [7, 11) is 0. The maximum absolute atomic E-state index is 11.2. The Morgan fingerprint density at radius 3 is 0.544 bits per heavy atom. The summed E-state index contributed by atoms with van der Waals surface area (Å²) >= 11 is 0. The Labute approximate surface area is 398 Å². The summed E-state index contributed by atoms with van der Waals surface area (Å²) in [4.78, 5) is 95.6. The van der Waals surface area contributed by atoms with Crippen LogP contribution in [0.15, 0.2) is 0 Å². The van der Waals surface area contributed by atoms with Crippen molar-refractivity contribution in [3.63, 3.8) is 0 Å². The first-order valence-corrected chi connectivity index (χ1v) is 23.8. The van der Waals surface area contributed by atoms with Crippen LogP contribution in [0.1, 0.15) is 77.0 Å². The molecule has 392 valence electrons. The average Bonchev–Trinajstić information content (AvgIpc) is 3.22. The maximum Gasteiger partial charge on any atom is 0.317 e. The summed E-state index contributed by atoms with van der Waals surface area (Å²) in [5.74, 6) is -8.07. The summed E-state index contributed by atoms with van der Waals surface area (Å²) in [6.45, 7) is 10.1. The molecular weight excluding hydrogens is 897 g/mol. The molecule has 24 heteroatoms. The number of carboxylic acids is 8. The van der Waals surface area contributed by atoms with Crippen LogP contribution >= 0.6 is 0 Å². The lowest BCUT2D eigenvalue weighted by Gasteiger charge is -2.32. The van der Waals surface area contributed by atoms with Crippen LogP contribution in [0, 0.1) is 23.7 Å². The molecule has 0 aromatic carbocycles. The predicted octanol–water partition coefficient (Wildman–Crippen LogP) is -0.611. The topological polar surface area (TPSA) is 359 Å². The number of aliphatic carboxylic acids is 8. The van der Waals surface area contributed by atoms with Crippen molar-refractivity contribution in [3.8, 4) is 0 Å². The molecule has 68 heavy (non-hydrogen) atoms. The van der Waals surface area contributed by atoms with E-state index >= 15 is 0 Å². The molecular formula is C44H80N8O16. The van der Waals surface area contributed by atoms with Crippen molar-refractivity contribution in [3.05, 3.63) is 0 Å². The number of nitrogens with zero attached hydrogens (tertiary/aromatic N) is 4. The zero-order chi connectivity index (χ0) is 50.7. The second kappa shape index (κ2) is 37.3. The highest BCUT2D eigenvalue weighted by atomic mass is 16.4. The standard InChI is InChI=1S/C20H32O8.C16H28N4O8.C8H20N4/c21-17(22)9-13-1-2-14(10-18(23)24)5-6-16(12-20(27)28)8-7-15(4-3-13)11-19(25)26;21-13(22)9-17-1-2-18(10-14(23)24)5-6-20(12-16(27)28)8-7-19(4-3-17)11-15(25)26;1-2-10-5-6-12-8-7-11-4-3-9-1/h13-16H,1-12H2,(H,21,22)(H,23,24)(H,25,26)(H,27,28);1-12H2,(H,21,22)(H,23,24)(H,25,26)(H,27,28);9-12H,1-8H2. The first-order chi connectivity index (χ1) is 32.3. The number of hydrogen-bond donors (Lipinski definition) is 12. The third kappa shape index (κ3) is 35.6. The highest BCUT2D eigenvalue weighted by Crippen LogP contribution is 2.33. The molecule has 0 aromatic heterocycles. The van der Waals surface area contributed by atoms with Gasteiger partial charge in [-0.15, -0.1) is 0 Å². The molecule has 0 bridgehead atoms. The molecule has 3 rings (SSSR count). The van der Waals surface area contributed by atoms with Crippen LogP contribution in [0.5, 0.6) is 0 Å². The Morgan fingerprint density at radius 1 is 0.279 bits per heavy atom. The molecule has 0 aromatic rings. The van der Waals surface area contributed by atoms with Gasteiger partial charge in [0, 0.05) is 130 Å². The van der Waals surface area contributed by atoms with E-state index in [0.717, 1.165) is 52.4 Å². The van der Waals surface area contributed by atoms with Crippen molar-refractivity contribution in [1.82, 2.24) is 40.9 Å². The van der Waals surface area contributed by atoms with Crippen molar-refractivity contribution >= 4 is 47.8 Å². The summed E-state index contributed by atoms with van der Waals surface area (Å²) < 4.78 is 0. The third-order valence-corrected chi connectivity index (χ3v) is 12.1. The van der Waals surface area contributed by atoms with Crippen LogP contribution < -0.4 is 21.3 Å². The van der Waals surface area contributed by atoms with Gasteiger partial charge in [-0.2, -0.15) is 0 Å². The number of carboxylic acid groups (broad SMARTS) is 8. The Morgan fingerprint density at radius 2 is 0.426 bits per heavy atom. The van der Waals surface area contributed by atoms with Crippen molar-refractivity contribution < 1.29 is 79.2 Å². The zero-order valence-electron chi connectivity index (χ0n) is 39.6. The average molecular weight is 977 g/mol. The van der Waals surface area contributed by atoms with E-state index in [2.05, 4.69) is 21.3 Å². The minimum absolute atomic E-state index is 0.00121. The van der Waals surface area contributed by atoms with Crippen molar-refractivity contribution in [1.29, 1.82) is 0 Å². The van der Waals surface area contributed by atoms with Crippen LogP contribution in [-0.2, 0) is 38.4 Å². The highest BCUT2D eigenvalue weighted by Gasteiger charge is 2.26. The van der Waals surface area contributed by atoms with E-state index in [-0.39, 0.29) is 75.5 Å². The fraction of sp³-hybridized carbons (Fsp3) is 0.818. The smallest absolute Gasteiger partial charge is 0.317 e. The quantitative estimate of drug-likeness (QED) is 0.0918. The molecule has 1 aliphatic carbocycles. The highest BCUT2D eigenvalue weighted by molar-refractivity contribution is 5.71. The van der Waals surface area contributed by atoms with E-state index in [9.17, 15) is 38.4 Å². The summed E-state index contributed by atoms with van der Waals surface area (Å²) in [6, 6.07) is 0. The molecule has 3 aliphatic rings. The third-order valence-electron chi connectivity index (χ3n) is 12.1. The molecule has 24 nitrogen and oxygen atoms in total. The van der Waals surface area contributed by atoms with Gasteiger partial charge in [-0.25, -0.2) is 0 Å². The minimum Gasteiger partial charge on any atom is -0.481 e. The molecule has 12 N–H and O–H groups in total. The molecule has 0 atom stereocenters. The Bertz CT molecular complexity index is 1150. The number of hydrogen-bond acceptors (Lipinski definition) is 16. The van der Waals surface area contributed by atoms with Gasteiger partial charge >= 0.3 is 47.8 Å².